The van der Waals surface area contributed by atoms with Gasteiger partial charge in [0.25, 0.3) is 0 Å². The Labute approximate surface area is 212 Å². The van der Waals surface area contributed by atoms with Crippen LogP contribution >= 0.6 is 27.5 Å². The Bertz CT molecular complexity index is 1310. The van der Waals surface area contributed by atoms with E-state index in [1.54, 1.807) is 0 Å². The highest BCUT2D eigenvalue weighted by molar-refractivity contribution is 9.10. The average molecular weight is 546 g/mol. The van der Waals surface area contributed by atoms with Crippen LogP contribution in [0.5, 0.6) is 0 Å². The quantitative estimate of drug-likeness (QED) is 0.130. The maximum Gasteiger partial charge on any atom is 0.361 e. The zero-order chi connectivity index (χ0) is 24.5. The van der Waals surface area contributed by atoms with Crippen molar-refractivity contribution < 1.29 is 18.9 Å². The van der Waals surface area contributed by atoms with Gasteiger partial charge in [-0.3, -0.25) is 0 Å². The predicted octanol–water partition coefficient (Wildman–Crippen LogP) is 5.69. The summed E-state index contributed by atoms with van der Waals surface area (Å²) in [5.41, 5.74) is 7.54. The number of quaternary nitrogens is 1. The molecule has 4 rings (SSSR count). The molecule has 8 heteroatoms. The van der Waals surface area contributed by atoms with Crippen molar-refractivity contribution in [2.45, 2.75) is 13.3 Å². The summed E-state index contributed by atoms with van der Waals surface area (Å²) in [5.74, 6) is -0.243. The van der Waals surface area contributed by atoms with Crippen LogP contribution in [0, 0.1) is 0 Å². The van der Waals surface area contributed by atoms with Crippen LogP contribution in [0.25, 0.3) is 22.0 Å². The number of hydrogen-bond donors (Lipinski definition) is 1. The Balaban J connectivity index is 1.61. The van der Waals surface area contributed by atoms with Crippen molar-refractivity contribution in [1.29, 1.82) is 0 Å². The number of carbonyl (C=O) groups is 1. The molecule has 34 heavy (non-hydrogen) atoms. The summed E-state index contributed by atoms with van der Waals surface area (Å²) in [6.07, 6.45) is 0.792. The molecule has 0 amide bonds. The third-order valence-corrected chi connectivity index (χ3v) is 6.78. The number of methoxy groups -OCH3 is 1. The van der Waals surface area contributed by atoms with Crippen LogP contribution < -0.4 is 0 Å². The number of fused-ring (bicyclic) bond motifs is 2. The molecular weight excluding hydrogens is 518 g/mol. The monoisotopic (exact) mass is 544 g/mol. The van der Waals surface area contributed by atoms with Crippen molar-refractivity contribution in [2.24, 2.45) is 5.16 Å². The number of oxime groups is 1. The summed E-state index contributed by atoms with van der Waals surface area (Å²) >= 11 is 9.80. The van der Waals surface area contributed by atoms with E-state index < -0.39 is 0 Å². The lowest BCUT2D eigenvalue weighted by Crippen LogP contribution is -2.46. The number of ether oxygens (including phenoxy) is 1. The van der Waals surface area contributed by atoms with E-state index in [0.717, 1.165) is 44.3 Å². The van der Waals surface area contributed by atoms with Gasteiger partial charge in [-0.2, -0.15) is 0 Å². The first-order valence-electron chi connectivity index (χ1n) is 11.0. The molecule has 0 saturated heterocycles. The second kappa shape index (κ2) is 9.94. The van der Waals surface area contributed by atoms with Gasteiger partial charge >= 0.3 is 5.97 Å². The van der Waals surface area contributed by atoms with Gasteiger partial charge in [0.05, 0.1) is 26.9 Å². The normalized spacial score (nSPS) is 14.0. The molecule has 1 aliphatic rings. The molecule has 0 atom stereocenters. The van der Waals surface area contributed by atoms with Gasteiger partial charge < -0.3 is 19.0 Å². The highest BCUT2D eigenvalue weighted by Gasteiger charge is 2.26. The summed E-state index contributed by atoms with van der Waals surface area (Å²) in [5, 5.41) is 6.25. The minimum atomic E-state index is -0.243. The van der Waals surface area contributed by atoms with E-state index >= 15 is 0 Å². The maximum atomic E-state index is 11.6. The number of rotatable bonds is 8. The first kappa shape index (κ1) is 24.5. The molecule has 0 spiro atoms. The van der Waals surface area contributed by atoms with Crippen LogP contribution in [0.15, 0.2) is 52.1 Å². The van der Waals surface area contributed by atoms with Crippen LogP contribution in [0.2, 0.25) is 5.02 Å². The van der Waals surface area contributed by atoms with E-state index in [9.17, 15) is 4.79 Å². The van der Waals surface area contributed by atoms with Crippen LogP contribution in [-0.4, -0.2) is 62.0 Å². The summed E-state index contributed by atoms with van der Waals surface area (Å²) in [6.45, 7) is 3.27. The Morgan fingerprint density at radius 3 is 2.76 bits per heavy atom. The molecule has 1 heterocycles. The lowest BCUT2D eigenvalue weighted by molar-refractivity contribution is -0.883. The van der Waals surface area contributed by atoms with E-state index in [0.29, 0.717) is 22.7 Å². The molecule has 1 aliphatic carbocycles. The Kier molecular flexibility index (Phi) is 7.17. The third-order valence-electron chi connectivity index (χ3n) is 6.05. The third kappa shape index (κ3) is 5.37. The number of benzene rings is 2. The Morgan fingerprint density at radius 2 is 2.00 bits per heavy atom. The summed E-state index contributed by atoms with van der Waals surface area (Å²) in [7, 11) is 5.33. The van der Waals surface area contributed by atoms with Crippen molar-refractivity contribution in [1.82, 2.24) is 4.98 Å². The van der Waals surface area contributed by atoms with Gasteiger partial charge in [0, 0.05) is 38.1 Å². The minimum absolute atomic E-state index is 0.243. The molecular formula is C26H28BrClN3O3+. The smallest absolute Gasteiger partial charge is 0.361 e. The van der Waals surface area contributed by atoms with E-state index in [-0.39, 0.29) is 12.5 Å². The molecule has 2 aromatic carbocycles. The van der Waals surface area contributed by atoms with Gasteiger partial charge in [-0.25, -0.2) is 4.79 Å². The Hall–Kier alpha value is -2.61. The topological polar surface area (TPSA) is 63.7 Å². The van der Waals surface area contributed by atoms with E-state index in [1.807, 2.05) is 45.3 Å². The maximum absolute atomic E-state index is 11.6. The van der Waals surface area contributed by atoms with Crippen LogP contribution in [0.4, 0.5) is 0 Å². The number of hydrogen-bond acceptors (Lipinski definition) is 4. The number of nitrogens with one attached hydrogen (secondary N) is 1. The molecule has 3 aromatic rings. The second-order valence-electron chi connectivity index (χ2n) is 9.15. The van der Waals surface area contributed by atoms with Gasteiger partial charge in [-0.15, -0.1) is 0 Å². The number of aromatic nitrogens is 1. The van der Waals surface area contributed by atoms with Crippen molar-refractivity contribution in [3.8, 4) is 0 Å². The van der Waals surface area contributed by atoms with Crippen molar-refractivity contribution >= 4 is 61.3 Å². The molecule has 0 saturated carbocycles. The van der Waals surface area contributed by atoms with Gasteiger partial charge in [0.1, 0.15) is 6.54 Å². The predicted molar refractivity (Wildman–Crippen MR) is 141 cm³/mol. The first-order chi connectivity index (χ1) is 16.2. The molecule has 0 unspecified atom stereocenters. The number of esters is 1. The summed E-state index contributed by atoms with van der Waals surface area (Å²) < 4.78 is 6.29. The number of allylic oxidation sites excluding steroid dienone is 2. The fourth-order valence-corrected chi connectivity index (χ4v) is 4.86. The number of aromatic amines is 1. The number of likely N-dealkylation sites (N-methyl/N-ethyl adjacent to an activating group) is 1. The first-order valence-corrected chi connectivity index (χ1v) is 12.2. The minimum Gasteiger partial charge on any atom is -0.465 e. The zero-order valence-electron chi connectivity index (χ0n) is 19.7. The standard InChI is InChI=1S/C26H28BrClN3O3/c1-16(30-34-10-9-31(2,3)15-25(32)33-4)26-21-7-5-19(27)11-17(21)13-22(26)24-14-18-12-20(28)6-8-23(18)29-24/h5-8,11-12,14,29H,9-10,13,15H2,1-4H3/q+1. The number of H-pyrrole nitrogens is 1. The number of halogens is 2. The van der Waals surface area contributed by atoms with Crippen LogP contribution in [0.3, 0.4) is 0 Å². The van der Waals surface area contributed by atoms with Crippen LogP contribution in [-0.2, 0) is 20.8 Å². The SMILES string of the molecule is COC(=O)C[N+](C)(C)CCON=C(C)C1=C(c2cc3cc(Cl)ccc3[nH]2)Cc2cc(Br)ccc21. The van der Waals surface area contributed by atoms with Crippen molar-refractivity contribution in [3.05, 3.63) is 68.8 Å². The van der Waals surface area contributed by atoms with E-state index in [2.05, 4.69) is 44.3 Å². The van der Waals surface area contributed by atoms with Gasteiger partial charge in [0.2, 0.25) is 0 Å². The number of nitrogens with zero attached hydrogens (tertiary/aromatic N) is 2. The molecule has 178 valence electrons. The lowest BCUT2D eigenvalue weighted by Gasteiger charge is -2.27. The largest absolute Gasteiger partial charge is 0.465 e. The highest BCUT2D eigenvalue weighted by Crippen LogP contribution is 2.41. The van der Waals surface area contributed by atoms with E-state index in [4.69, 9.17) is 21.2 Å². The fourth-order valence-electron chi connectivity index (χ4n) is 4.27. The molecule has 1 N–H and O–H groups in total. The van der Waals surface area contributed by atoms with E-state index in [1.165, 1.54) is 18.2 Å². The molecule has 0 fully saturated rings. The molecule has 0 radical (unpaired) electrons. The second-order valence-corrected chi connectivity index (χ2v) is 10.5. The van der Waals surface area contributed by atoms with Gasteiger partial charge in [-0.05, 0) is 60.0 Å². The lowest BCUT2D eigenvalue weighted by atomic mass is 10.0. The summed E-state index contributed by atoms with van der Waals surface area (Å²) in [4.78, 5) is 20.9. The van der Waals surface area contributed by atoms with Gasteiger partial charge in [-0.1, -0.05) is 38.8 Å². The fraction of sp³-hybridized carbons (Fsp3) is 0.308. The number of carbonyl (C=O) groups excluding carboxylic acids is 1. The van der Waals surface area contributed by atoms with Crippen LogP contribution in [0.1, 0.15) is 23.7 Å². The average Bonchev–Trinajstić information content (AvgIpc) is 3.36. The highest BCUT2D eigenvalue weighted by atomic mass is 79.9. The molecule has 0 aliphatic heterocycles. The molecule has 1 aromatic heterocycles. The summed E-state index contributed by atoms with van der Waals surface area (Å²) in [6, 6.07) is 14.3. The Morgan fingerprint density at radius 1 is 1.21 bits per heavy atom. The van der Waals surface area contributed by atoms with Crippen molar-refractivity contribution in [3.63, 3.8) is 0 Å². The molecule has 6 nitrogen and oxygen atoms in total. The molecule has 0 bridgehead atoms. The van der Waals surface area contributed by atoms with Crippen molar-refractivity contribution in [2.75, 3.05) is 40.9 Å². The van der Waals surface area contributed by atoms with Gasteiger partial charge in [0.15, 0.2) is 13.2 Å². The zero-order valence-corrected chi connectivity index (χ0v) is 22.1.